The lowest BCUT2D eigenvalue weighted by molar-refractivity contribution is 0.209. The van der Waals surface area contributed by atoms with E-state index in [1.807, 2.05) is 13.8 Å². The molecule has 1 fully saturated rings. The van der Waals surface area contributed by atoms with E-state index in [0.29, 0.717) is 61.7 Å². The number of nitrogens with zero attached hydrogens (tertiary/aromatic N) is 5. The molecular weight excluding hydrogens is 472 g/mol. The van der Waals surface area contributed by atoms with Crippen molar-refractivity contribution in [3.63, 3.8) is 0 Å². The van der Waals surface area contributed by atoms with E-state index in [9.17, 15) is 13.2 Å². The van der Waals surface area contributed by atoms with Crippen molar-refractivity contribution in [2.45, 2.75) is 51.3 Å². The van der Waals surface area contributed by atoms with Crippen molar-refractivity contribution in [1.82, 2.24) is 23.7 Å². The molecule has 0 radical (unpaired) electrons. The number of oxime groups is 1. The molecule has 3 heterocycles. The van der Waals surface area contributed by atoms with Crippen molar-refractivity contribution in [2.24, 2.45) is 5.16 Å². The van der Waals surface area contributed by atoms with E-state index in [1.54, 1.807) is 13.0 Å². The van der Waals surface area contributed by atoms with Gasteiger partial charge in [-0.05, 0) is 38.5 Å². The number of benzene rings is 1. The molecule has 12 heteroatoms. The minimum atomic E-state index is -3.78. The largest absolute Gasteiger partial charge is 0.493 e. The van der Waals surface area contributed by atoms with Gasteiger partial charge < -0.3 is 9.57 Å². The van der Waals surface area contributed by atoms with Crippen LogP contribution in [0.1, 0.15) is 44.6 Å². The summed E-state index contributed by atoms with van der Waals surface area (Å²) in [5.74, 6) is 1.21. The number of nitrogens with one attached hydrogen (secondary N) is 1. The van der Waals surface area contributed by atoms with Gasteiger partial charge in [0.25, 0.3) is 0 Å². The van der Waals surface area contributed by atoms with Gasteiger partial charge in [-0.3, -0.25) is 4.98 Å². The summed E-state index contributed by atoms with van der Waals surface area (Å²) in [4.78, 5) is 29.8. The summed E-state index contributed by atoms with van der Waals surface area (Å²) >= 11 is 0. The highest BCUT2D eigenvalue weighted by Crippen LogP contribution is 2.32. The fourth-order valence-corrected chi connectivity index (χ4v) is 5.72. The number of imidazole rings is 1. The second-order valence-corrected chi connectivity index (χ2v) is 10.2. The molecular formula is C23H30N6O5S. The molecule has 0 amide bonds. The van der Waals surface area contributed by atoms with Crippen LogP contribution in [0.25, 0.3) is 17.0 Å². The Labute approximate surface area is 203 Å². The van der Waals surface area contributed by atoms with Crippen LogP contribution in [0, 0.1) is 6.92 Å². The Hall–Kier alpha value is -3.25. The average Bonchev–Trinajstić information content (AvgIpc) is 3.15. The number of aryl methyl sites for hydroxylation is 2. The first-order chi connectivity index (χ1) is 16.8. The van der Waals surface area contributed by atoms with Crippen molar-refractivity contribution in [3.8, 4) is 17.1 Å². The van der Waals surface area contributed by atoms with Crippen molar-refractivity contribution in [1.29, 1.82) is 0 Å². The van der Waals surface area contributed by atoms with E-state index in [1.165, 1.54) is 27.9 Å². The molecule has 3 aromatic rings. The third kappa shape index (κ3) is 4.80. The number of fused-ring (bicyclic) bond motifs is 1. The smallest absolute Gasteiger partial charge is 0.334 e. The van der Waals surface area contributed by atoms with E-state index in [0.717, 1.165) is 17.8 Å². The minimum absolute atomic E-state index is 0.101. The third-order valence-corrected chi connectivity index (χ3v) is 7.78. The van der Waals surface area contributed by atoms with Crippen LogP contribution in [-0.2, 0) is 21.3 Å². The first kappa shape index (κ1) is 24.9. The maximum absolute atomic E-state index is 13.4. The van der Waals surface area contributed by atoms with Gasteiger partial charge in [0.05, 0.1) is 28.5 Å². The quantitative estimate of drug-likeness (QED) is 0.468. The lowest BCUT2D eigenvalue weighted by Crippen LogP contribution is -2.38. The number of aromatic amines is 1. The maximum Gasteiger partial charge on any atom is 0.334 e. The SMILES string of the molecule is CCCc1nc(C)n2c(=O)[nH]c(-c3cc(S(=O)(=O)N4CCC(=NOC)CC4)ccc3OCC)nc12. The van der Waals surface area contributed by atoms with E-state index < -0.39 is 15.7 Å². The zero-order valence-electron chi connectivity index (χ0n) is 20.4. The highest BCUT2D eigenvalue weighted by Gasteiger charge is 2.29. The number of piperidine rings is 1. The maximum atomic E-state index is 13.4. The van der Waals surface area contributed by atoms with E-state index in [-0.39, 0.29) is 10.7 Å². The van der Waals surface area contributed by atoms with Gasteiger partial charge in [0.1, 0.15) is 24.5 Å². The van der Waals surface area contributed by atoms with Crippen molar-refractivity contribution in [3.05, 3.63) is 40.2 Å². The first-order valence-corrected chi connectivity index (χ1v) is 13.1. The fourth-order valence-electron chi connectivity index (χ4n) is 4.25. The van der Waals surface area contributed by atoms with E-state index in [4.69, 9.17) is 9.57 Å². The number of H-pyrrole nitrogens is 1. The Bertz CT molecular complexity index is 1420. The van der Waals surface area contributed by atoms with Gasteiger partial charge in [-0.2, -0.15) is 4.31 Å². The van der Waals surface area contributed by atoms with Gasteiger partial charge >= 0.3 is 5.69 Å². The molecule has 1 aliphatic heterocycles. The summed E-state index contributed by atoms with van der Waals surface area (Å²) in [5, 5.41) is 3.94. The van der Waals surface area contributed by atoms with Gasteiger partial charge in [-0.15, -0.1) is 0 Å². The molecule has 188 valence electrons. The van der Waals surface area contributed by atoms with Crippen LogP contribution in [0.4, 0.5) is 0 Å². The Morgan fingerprint density at radius 2 is 1.91 bits per heavy atom. The lowest BCUT2D eigenvalue weighted by atomic mass is 10.1. The second-order valence-electron chi connectivity index (χ2n) is 8.24. The molecule has 1 N–H and O–H groups in total. The van der Waals surface area contributed by atoms with Crippen LogP contribution in [0.5, 0.6) is 5.75 Å². The van der Waals surface area contributed by atoms with Crippen LogP contribution in [0.3, 0.4) is 0 Å². The average molecular weight is 503 g/mol. The monoisotopic (exact) mass is 502 g/mol. The zero-order chi connectivity index (χ0) is 25.2. The van der Waals surface area contributed by atoms with Gasteiger partial charge in [0.2, 0.25) is 10.0 Å². The summed E-state index contributed by atoms with van der Waals surface area (Å²) in [5.41, 5.74) is 2.02. The van der Waals surface area contributed by atoms with E-state index >= 15 is 0 Å². The standard InChI is InChI=1S/C23H30N6O5S/c1-5-7-19-22-25-21(26-23(30)29(22)15(3)24-19)18-14-17(8-9-20(18)34-6-2)35(31,32)28-12-10-16(11-13-28)27-33-4/h8-9,14H,5-7,10-13H2,1-4H3,(H,25,26,30). The molecule has 1 aliphatic rings. The minimum Gasteiger partial charge on any atom is -0.493 e. The van der Waals surface area contributed by atoms with Gasteiger partial charge in [-0.25, -0.2) is 27.6 Å². The lowest BCUT2D eigenvalue weighted by Gasteiger charge is -2.27. The van der Waals surface area contributed by atoms with Crippen molar-refractivity contribution >= 4 is 21.4 Å². The number of sulfonamides is 1. The van der Waals surface area contributed by atoms with Crippen LogP contribution in [0.2, 0.25) is 0 Å². The third-order valence-electron chi connectivity index (χ3n) is 5.89. The zero-order valence-corrected chi connectivity index (χ0v) is 21.2. The molecule has 0 saturated carbocycles. The van der Waals surface area contributed by atoms with Crippen LogP contribution in [0.15, 0.2) is 33.0 Å². The summed E-state index contributed by atoms with van der Waals surface area (Å²) in [6.45, 7) is 6.60. The molecule has 0 aliphatic carbocycles. The van der Waals surface area contributed by atoms with Crippen LogP contribution in [-0.4, -0.2) is 64.6 Å². The molecule has 1 saturated heterocycles. The van der Waals surface area contributed by atoms with Gasteiger partial charge in [0.15, 0.2) is 5.65 Å². The summed E-state index contributed by atoms with van der Waals surface area (Å²) in [7, 11) is -2.31. The molecule has 2 aromatic heterocycles. The number of aromatic nitrogens is 4. The van der Waals surface area contributed by atoms with Gasteiger partial charge in [-0.1, -0.05) is 18.5 Å². The highest BCUT2D eigenvalue weighted by molar-refractivity contribution is 7.89. The van der Waals surface area contributed by atoms with Crippen molar-refractivity contribution < 1.29 is 18.0 Å². The summed E-state index contributed by atoms with van der Waals surface area (Å²) < 4.78 is 35.5. The predicted octanol–water partition coefficient (Wildman–Crippen LogP) is 2.53. The number of hydrogen-bond donors (Lipinski definition) is 1. The second kappa shape index (κ2) is 10.2. The molecule has 0 bridgehead atoms. The molecule has 0 atom stereocenters. The Morgan fingerprint density at radius 3 is 2.57 bits per heavy atom. The topological polar surface area (TPSA) is 131 Å². The fraction of sp³-hybridized carbons (Fsp3) is 0.478. The predicted molar refractivity (Wildman–Crippen MR) is 131 cm³/mol. The highest BCUT2D eigenvalue weighted by atomic mass is 32.2. The Morgan fingerprint density at radius 1 is 1.17 bits per heavy atom. The summed E-state index contributed by atoms with van der Waals surface area (Å²) in [6.07, 6.45) is 2.52. The van der Waals surface area contributed by atoms with Crippen LogP contribution < -0.4 is 10.4 Å². The van der Waals surface area contributed by atoms with Crippen molar-refractivity contribution in [2.75, 3.05) is 26.8 Å². The molecule has 4 rings (SSSR count). The Kier molecular flexibility index (Phi) is 7.22. The number of ether oxygens (including phenoxy) is 1. The number of rotatable bonds is 8. The van der Waals surface area contributed by atoms with Crippen LogP contribution >= 0.6 is 0 Å². The first-order valence-electron chi connectivity index (χ1n) is 11.6. The normalized spacial score (nSPS) is 14.9. The Balaban J connectivity index is 1.80. The molecule has 1 aromatic carbocycles. The van der Waals surface area contributed by atoms with E-state index in [2.05, 4.69) is 20.1 Å². The molecule has 35 heavy (non-hydrogen) atoms. The number of hydrogen-bond acceptors (Lipinski definition) is 8. The summed E-state index contributed by atoms with van der Waals surface area (Å²) in [6, 6.07) is 4.63. The molecule has 0 unspecified atom stereocenters. The van der Waals surface area contributed by atoms with Gasteiger partial charge in [0, 0.05) is 25.9 Å². The molecule has 11 nitrogen and oxygen atoms in total. The molecule has 0 spiro atoms.